The molecule has 3 heterocycles. The van der Waals surface area contributed by atoms with Gasteiger partial charge >= 0.3 is 0 Å². The Kier molecular flexibility index (Phi) is 16.7. The van der Waals surface area contributed by atoms with Crippen LogP contribution in [0.3, 0.4) is 0 Å². The van der Waals surface area contributed by atoms with Crippen LogP contribution >= 0.6 is 0 Å². The predicted octanol–water partition coefficient (Wildman–Crippen LogP) is 1.68. The van der Waals surface area contributed by atoms with E-state index in [0.717, 1.165) is 24.3 Å². The van der Waals surface area contributed by atoms with Crippen molar-refractivity contribution in [3.8, 4) is 63.1 Å². The molecule has 4 aromatic carbocycles. The number of phenolic OH excluding ortho intramolecular Hbond substituents is 6. The molecule has 10 atom stereocenters. The lowest BCUT2D eigenvalue weighted by molar-refractivity contribution is -0.318. The molecule has 374 valence electrons. The molecule has 0 bridgehead atoms. The number of benzene rings is 4. The number of hydrogen-bond donors (Lipinski definition) is 12. The number of aliphatic hydroxyl groups excluding tert-OH is 6. The second-order valence-corrected chi connectivity index (χ2v) is 15.9. The minimum Gasteiger partial charge on any atom is -0.508 e. The molecule has 2 fully saturated rings. The summed E-state index contributed by atoms with van der Waals surface area (Å²) >= 11 is 0. The molecule has 0 saturated carbocycles. The number of methoxy groups -OCH3 is 2. The molecule has 0 aliphatic carbocycles. The van der Waals surface area contributed by atoms with Crippen molar-refractivity contribution in [2.75, 3.05) is 20.8 Å². The van der Waals surface area contributed by atoms with Crippen LogP contribution in [0.25, 0.3) is 34.4 Å². The van der Waals surface area contributed by atoms with Crippen molar-refractivity contribution in [3.05, 3.63) is 100 Å². The van der Waals surface area contributed by atoms with Gasteiger partial charge < -0.3 is 94.1 Å². The predicted molar refractivity (Wildman–Crippen MR) is 242 cm³/mol. The summed E-state index contributed by atoms with van der Waals surface area (Å²) in [5.74, 6) is -3.41. The van der Waals surface area contributed by atoms with Crippen LogP contribution in [-0.2, 0) is 23.8 Å². The van der Waals surface area contributed by atoms with E-state index in [1.54, 1.807) is 36.4 Å². The average molecular weight is 979 g/mol. The monoisotopic (exact) mass is 978 g/mol. The SMILES string of the molecule is COc1cc(/C=C/C(=O)CC(=O)/C=C/c2ccc(O)c(OC)c2)ccc1O.C[C@@H]1O[C@@H](OC[C@H]2O[C@@H](Oc3c(-c4ccc(O)c(O)c4)oc4cc(O)cc(O)c4c3=O)[C@H](O)[C@@H](O)[C@@H]2O)[C@H](O)[C@H](O)[C@H]1O. The molecule has 2 aliphatic rings. The van der Waals surface area contributed by atoms with Gasteiger partial charge in [0.1, 0.15) is 65.2 Å². The number of ether oxygens (including phenoxy) is 6. The minimum absolute atomic E-state index is 0.00662. The summed E-state index contributed by atoms with van der Waals surface area (Å²) in [7, 11) is 2.87. The number of phenols is 6. The molecule has 2 aliphatic heterocycles. The Morgan fingerprint density at radius 1 is 0.614 bits per heavy atom. The van der Waals surface area contributed by atoms with Crippen molar-refractivity contribution in [3.63, 3.8) is 0 Å². The van der Waals surface area contributed by atoms with E-state index in [0.29, 0.717) is 22.6 Å². The van der Waals surface area contributed by atoms with Crippen molar-refractivity contribution >= 4 is 34.7 Å². The summed E-state index contributed by atoms with van der Waals surface area (Å²) in [5, 5.41) is 120. The van der Waals surface area contributed by atoms with Crippen LogP contribution in [0, 0.1) is 0 Å². The first kappa shape index (κ1) is 52.1. The topological polar surface area (TPSA) is 362 Å². The van der Waals surface area contributed by atoms with Crippen LogP contribution in [-0.4, -0.2) is 155 Å². The zero-order valence-corrected chi connectivity index (χ0v) is 37.3. The van der Waals surface area contributed by atoms with E-state index in [1.807, 2.05) is 0 Å². The molecule has 7 rings (SSSR count). The van der Waals surface area contributed by atoms with Gasteiger partial charge in [-0.15, -0.1) is 0 Å². The van der Waals surface area contributed by atoms with Crippen LogP contribution in [0.1, 0.15) is 24.5 Å². The summed E-state index contributed by atoms with van der Waals surface area (Å²) in [4.78, 5) is 37.4. The van der Waals surface area contributed by atoms with Crippen LogP contribution in [0.4, 0.5) is 0 Å². The standard InChI is InChI=1S/C27H30O16.C21H20O6/c1-8-17(32)20(35)22(37)26(40-8)39-7-15-18(33)21(36)23(38)27(42-15)43-25-19(34)16-13(31)5-10(28)6-14(16)41-24(25)9-2-3-11(29)12(30)4-9;1-26-20-11-14(5-9-18(20)24)3-7-16(22)13-17(23)8-4-15-6-10-19(25)21(12-15)27-2/h2-6,8,15,17-18,20-23,26-33,35-38H,7H2,1H3;3-12,24-25H,13H2,1-2H3/b;7-3+,8-4+/t8-,15+,17-,18+,20+,21-,22+,23+,26+,27-;/m0./s1. The minimum atomic E-state index is -1.97. The first-order chi connectivity index (χ1) is 33.2. The Balaban J connectivity index is 0.000000256. The number of carbonyl (C=O) groups is 2. The molecule has 12 N–H and O–H groups in total. The summed E-state index contributed by atoms with van der Waals surface area (Å²) in [6, 6.07) is 14.6. The number of hydrogen-bond acceptors (Lipinski definition) is 22. The van der Waals surface area contributed by atoms with Gasteiger partial charge in [-0.3, -0.25) is 14.4 Å². The van der Waals surface area contributed by atoms with Gasteiger partial charge in [0.25, 0.3) is 0 Å². The summed E-state index contributed by atoms with van der Waals surface area (Å²) in [6.45, 7) is 0.818. The lowest BCUT2D eigenvalue weighted by atomic mass is 9.98. The molecule has 0 amide bonds. The Morgan fingerprint density at radius 2 is 1.17 bits per heavy atom. The third-order valence-corrected chi connectivity index (χ3v) is 11.0. The molecule has 0 radical (unpaired) electrons. The summed E-state index contributed by atoms with van der Waals surface area (Å²) in [6.07, 6.45) is -10.7. The molecule has 0 spiro atoms. The fourth-order valence-electron chi connectivity index (χ4n) is 7.10. The smallest absolute Gasteiger partial charge is 0.239 e. The van der Waals surface area contributed by atoms with E-state index < -0.39 is 113 Å². The largest absolute Gasteiger partial charge is 0.508 e. The number of rotatable bonds is 14. The molecule has 22 nitrogen and oxygen atoms in total. The highest BCUT2D eigenvalue weighted by molar-refractivity contribution is 6.11. The van der Waals surface area contributed by atoms with E-state index in [2.05, 4.69) is 0 Å². The average Bonchev–Trinajstić information content (AvgIpc) is 3.33. The van der Waals surface area contributed by atoms with E-state index in [-0.39, 0.29) is 40.6 Å². The van der Waals surface area contributed by atoms with Gasteiger partial charge in [0, 0.05) is 17.7 Å². The Morgan fingerprint density at radius 3 is 1.74 bits per heavy atom. The quantitative estimate of drug-likeness (QED) is 0.0428. The number of aliphatic hydroxyl groups is 6. The van der Waals surface area contributed by atoms with E-state index in [9.17, 15) is 75.7 Å². The molecule has 0 unspecified atom stereocenters. The van der Waals surface area contributed by atoms with Crippen LogP contribution in [0.15, 0.2) is 88.1 Å². The fourth-order valence-corrected chi connectivity index (χ4v) is 7.10. The maximum absolute atomic E-state index is 13.6. The second kappa shape index (κ2) is 22.5. The Hall–Kier alpha value is -7.25. The number of allylic oxidation sites excluding steroid dienone is 2. The van der Waals surface area contributed by atoms with E-state index in [1.165, 1.54) is 51.5 Å². The maximum Gasteiger partial charge on any atom is 0.239 e. The maximum atomic E-state index is 13.6. The van der Waals surface area contributed by atoms with Gasteiger partial charge in [-0.25, -0.2) is 0 Å². The lowest BCUT2D eigenvalue weighted by Gasteiger charge is -2.42. The molecule has 70 heavy (non-hydrogen) atoms. The van der Waals surface area contributed by atoms with Crippen molar-refractivity contribution < 1.29 is 104 Å². The normalized spacial score (nSPS) is 24.5. The number of carbonyl (C=O) groups excluding carboxylic acids is 2. The fraction of sp³-hybridized carbons (Fsp3) is 0.312. The highest BCUT2D eigenvalue weighted by Gasteiger charge is 2.48. The molecule has 1 aromatic heterocycles. The molecular formula is C48H50O22. The number of ketones is 2. The van der Waals surface area contributed by atoms with Crippen molar-refractivity contribution in [2.45, 2.75) is 74.8 Å². The van der Waals surface area contributed by atoms with Gasteiger partial charge in [-0.2, -0.15) is 0 Å². The van der Waals surface area contributed by atoms with Gasteiger partial charge in [-0.05, 0) is 72.7 Å². The molecular weight excluding hydrogens is 929 g/mol. The zero-order chi connectivity index (χ0) is 51.1. The van der Waals surface area contributed by atoms with Gasteiger partial charge in [0.15, 0.2) is 58.1 Å². The zero-order valence-electron chi connectivity index (χ0n) is 37.3. The van der Waals surface area contributed by atoms with Gasteiger partial charge in [0.2, 0.25) is 17.5 Å². The molecule has 5 aromatic rings. The van der Waals surface area contributed by atoms with Crippen molar-refractivity contribution in [1.82, 2.24) is 0 Å². The van der Waals surface area contributed by atoms with Gasteiger partial charge in [-0.1, -0.05) is 24.3 Å². The number of aromatic hydroxyl groups is 6. The summed E-state index contributed by atoms with van der Waals surface area (Å²) < 4.78 is 37.8. The van der Waals surface area contributed by atoms with Crippen molar-refractivity contribution in [1.29, 1.82) is 0 Å². The highest BCUT2D eigenvalue weighted by atomic mass is 16.7. The van der Waals surface area contributed by atoms with Crippen LogP contribution in [0.5, 0.6) is 51.7 Å². The third kappa shape index (κ3) is 11.9. The molecule has 2 saturated heterocycles. The lowest BCUT2D eigenvalue weighted by Crippen LogP contribution is -2.61. The first-order valence-electron chi connectivity index (χ1n) is 21.1. The van der Waals surface area contributed by atoms with E-state index in [4.69, 9.17) is 32.8 Å². The van der Waals surface area contributed by atoms with E-state index >= 15 is 0 Å². The third-order valence-electron chi connectivity index (χ3n) is 11.0. The second-order valence-electron chi connectivity index (χ2n) is 15.9. The van der Waals surface area contributed by atoms with Crippen molar-refractivity contribution in [2.24, 2.45) is 0 Å². The number of fused-ring (bicyclic) bond motifs is 1. The van der Waals surface area contributed by atoms with Crippen LogP contribution < -0.4 is 19.6 Å². The Bertz CT molecular complexity index is 2730. The van der Waals surface area contributed by atoms with Gasteiger partial charge in [0.05, 0.1) is 33.4 Å². The highest BCUT2D eigenvalue weighted by Crippen LogP contribution is 2.40. The van der Waals surface area contributed by atoms with Crippen LogP contribution in [0.2, 0.25) is 0 Å². The molecule has 22 heteroatoms. The summed E-state index contributed by atoms with van der Waals surface area (Å²) in [5.41, 5.74) is -0.0202. The first-order valence-corrected chi connectivity index (χ1v) is 21.1. The Labute approximate surface area is 396 Å².